The summed E-state index contributed by atoms with van der Waals surface area (Å²) in [6.45, 7) is 6.59. The fraction of sp³-hybridized carbons (Fsp3) is 0.533. The first kappa shape index (κ1) is 15.3. The minimum absolute atomic E-state index is 0.146. The molecule has 0 spiro atoms. The predicted octanol–water partition coefficient (Wildman–Crippen LogP) is 2.86. The number of nitrogens with one attached hydrogen (secondary N) is 1. The monoisotopic (exact) mass is 265 g/mol. The molecule has 1 N–H and O–H groups in total. The molecule has 106 valence electrons. The Morgan fingerprint density at radius 1 is 1.32 bits per heavy atom. The van der Waals surface area contributed by atoms with Gasteiger partial charge in [0.25, 0.3) is 0 Å². The van der Waals surface area contributed by atoms with Crippen LogP contribution in [0, 0.1) is 18.8 Å². The van der Waals surface area contributed by atoms with Gasteiger partial charge >= 0.3 is 5.97 Å². The molecule has 4 heteroatoms. The second-order valence-corrected chi connectivity index (χ2v) is 4.94. The molecule has 0 fully saturated rings. The maximum atomic E-state index is 11.7. The van der Waals surface area contributed by atoms with Crippen LogP contribution in [0.5, 0.6) is 5.75 Å². The Bertz CT molecular complexity index is 429. The number of hydrogen-bond donors (Lipinski definition) is 1. The van der Waals surface area contributed by atoms with Gasteiger partial charge in [-0.15, -0.1) is 0 Å². The zero-order valence-electron chi connectivity index (χ0n) is 12.3. The molecule has 0 aromatic heterocycles. The molecule has 0 heterocycles. The van der Waals surface area contributed by atoms with E-state index < -0.39 is 0 Å². The number of methoxy groups -OCH3 is 2. The molecule has 0 radical (unpaired) electrons. The van der Waals surface area contributed by atoms with E-state index in [4.69, 9.17) is 9.47 Å². The number of carbonyl (C=O) groups is 1. The summed E-state index contributed by atoms with van der Waals surface area (Å²) in [5.74, 6) is 0.776. The Kier molecular flexibility index (Phi) is 5.67. The Hall–Kier alpha value is -1.71. The Morgan fingerprint density at radius 2 is 2.00 bits per heavy atom. The van der Waals surface area contributed by atoms with Gasteiger partial charge in [-0.2, -0.15) is 0 Å². The lowest BCUT2D eigenvalue weighted by Crippen LogP contribution is -2.28. The summed E-state index contributed by atoms with van der Waals surface area (Å²) in [4.78, 5) is 11.7. The van der Waals surface area contributed by atoms with Gasteiger partial charge in [-0.25, -0.2) is 0 Å². The number of ether oxygens (including phenoxy) is 2. The van der Waals surface area contributed by atoms with Crippen molar-refractivity contribution >= 4 is 11.7 Å². The topological polar surface area (TPSA) is 47.6 Å². The molecular formula is C15H23NO3. The molecule has 1 unspecified atom stereocenters. The standard InChI is InChI=1S/C15H23NO3/c1-10(2)13(15(17)19-5)9-16-12-6-7-14(18-4)11(3)8-12/h6-8,10,13,16H,9H2,1-5H3. The van der Waals surface area contributed by atoms with Crippen molar-refractivity contribution in [3.63, 3.8) is 0 Å². The average molecular weight is 265 g/mol. The molecule has 19 heavy (non-hydrogen) atoms. The zero-order chi connectivity index (χ0) is 14.4. The Morgan fingerprint density at radius 3 is 2.47 bits per heavy atom. The summed E-state index contributed by atoms with van der Waals surface area (Å²) in [6, 6.07) is 5.87. The molecule has 1 rings (SSSR count). The van der Waals surface area contributed by atoms with Crippen molar-refractivity contribution in [2.24, 2.45) is 11.8 Å². The normalized spacial score (nSPS) is 12.1. The summed E-state index contributed by atoms with van der Waals surface area (Å²) in [6.07, 6.45) is 0. The highest BCUT2D eigenvalue weighted by molar-refractivity contribution is 5.73. The highest BCUT2D eigenvalue weighted by Gasteiger charge is 2.22. The van der Waals surface area contributed by atoms with Crippen LogP contribution in [0.15, 0.2) is 18.2 Å². The molecular weight excluding hydrogens is 242 g/mol. The number of carbonyl (C=O) groups excluding carboxylic acids is 1. The SMILES string of the molecule is COC(=O)C(CNc1ccc(OC)c(C)c1)C(C)C. The smallest absolute Gasteiger partial charge is 0.310 e. The number of benzene rings is 1. The van der Waals surface area contributed by atoms with E-state index in [-0.39, 0.29) is 17.8 Å². The molecule has 1 aromatic carbocycles. The van der Waals surface area contributed by atoms with Crippen molar-refractivity contribution in [3.8, 4) is 5.75 Å². The Labute approximate surface area is 115 Å². The first-order valence-electron chi connectivity index (χ1n) is 6.46. The summed E-state index contributed by atoms with van der Waals surface area (Å²) in [5.41, 5.74) is 2.04. The third-order valence-corrected chi connectivity index (χ3v) is 3.23. The predicted molar refractivity (Wildman–Crippen MR) is 76.6 cm³/mol. The minimum Gasteiger partial charge on any atom is -0.496 e. The third kappa shape index (κ3) is 4.16. The van der Waals surface area contributed by atoms with E-state index >= 15 is 0 Å². The number of aryl methyl sites for hydroxylation is 1. The quantitative estimate of drug-likeness (QED) is 0.803. The van der Waals surface area contributed by atoms with Crippen LogP contribution < -0.4 is 10.1 Å². The van der Waals surface area contributed by atoms with Crippen molar-refractivity contribution in [2.75, 3.05) is 26.1 Å². The highest BCUT2D eigenvalue weighted by Crippen LogP contribution is 2.22. The van der Waals surface area contributed by atoms with Gasteiger partial charge in [-0.1, -0.05) is 13.8 Å². The fourth-order valence-electron chi connectivity index (χ4n) is 1.96. The molecule has 0 saturated carbocycles. The van der Waals surface area contributed by atoms with E-state index in [2.05, 4.69) is 5.32 Å². The van der Waals surface area contributed by atoms with E-state index in [0.717, 1.165) is 17.0 Å². The van der Waals surface area contributed by atoms with Crippen LogP contribution in [0.25, 0.3) is 0 Å². The van der Waals surface area contributed by atoms with Crippen molar-refractivity contribution < 1.29 is 14.3 Å². The van der Waals surface area contributed by atoms with E-state index in [1.165, 1.54) is 7.11 Å². The van der Waals surface area contributed by atoms with Crippen molar-refractivity contribution in [1.82, 2.24) is 0 Å². The van der Waals surface area contributed by atoms with E-state index in [9.17, 15) is 4.79 Å². The average Bonchev–Trinajstić information content (AvgIpc) is 2.38. The van der Waals surface area contributed by atoms with Crippen molar-refractivity contribution in [1.29, 1.82) is 0 Å². The fourth-order valence-corrected chi connectivity index (χ4v) is 1.96. The molecule has 0 aliphatic carbocycles. The molecule has 1 atom stereocenters. The van der Waals surface area contributed by atoms with Crippen LogP contribution in [-0.2, 0) is 9.53 Å². The van der Waals surface area contributed by atoms with Gasteiger partial charge < -0.3 is 14.8 Å². The summed E-state index contributed by atoms with van der Waals surface area (Å²) >= 11 is 0. The van der Waals surface area contributed by atoms with Gasteiger partial charge in [0.05, 0.1) is 20.1 Å². The lowest BCUT2D eigenvalue weighted by Gasteiger charge is -2.19. The summed E-state index contributed by atoms with van der Waals surface area (Å²) in [5, 5.41) is 3.28. The molecule has 0 aliphatic heterocycles. The maximum absolute atomic E-state index is 11.7. The molecule has 0 aliphatic rings. The zero-order valence-corrected chi connectivity index (χ0v) is 12.3. The second kappa shape index (κ2) is 7.02. The first-order chi connectivity index (χ1) is 8.99. The summed E-state index contributed by atoms with van der Waals surface area (Å²) in [7, 11) is 3.08. The first-order valence-corrected chi connectivity index (χ1v) is 6.46. The van der Waals surface area contributed by atoms with Gasteiger partial charge in [0.2, 0.25) is 0 Å². The lowest BCUT2D eigenvalue weighted by atomic mass is 9.96. The van der Waals surface area contributed by atoms with Crippen LogP contribution in [-0.4, -0.2) is 26.7 Å². The summed E-state index contributed by atoms with van der Waals surface area (Å²) < 4.78 is 10.0. The largest absolute Gasteiger partial charge is 0.496 e. The molecule has 1 aromatic rings. The molecule has 4 nitrogen and oxygen atoms in total. The number of anilines is 1. The van der Waals surface area contributed by atoms with E-state index in [1.54, 1.807) is 7.11 Å². The van der Waals surface area contributed by atoms with Crippen LogP contribution in [0.3, 0.4) is 0 Å². The van der Waals surface area contributed by atoms with Crippen LogP contribution in [0.4, 0.5) is 5.69 Å². The Balaban J connectivity index is 2.69. The van der Waals surface area contributed by atoms with E-state index in [0.29, 0.717) is 6.54 Å². The van der Waals surface area contributed by atoms with Crippen LogP contribution in [0.1, 0.15) is 19.4 Å². The maximum Gasteiger partial charge on any atom is 0.310 e. The van der Waals surface area contributed by atoms with Crippen LogP contribution in [0.2, 0.25) is 0 Å². The third-order valence-electron chi connectivity index (χ3n) is 3.23. The molecule has 0 amide bonds. The van der Waals surface area contributed by atoms with Crippen molar-refractivity contribution in [2.45, 2.75) is 20.8 Å². The molecule has 0 bridgehead atoms. The number of rotatable bonds is 6. The van der Waals surface area contributed by atoms with Crippen molar-refractivity contribution in [3.05, 3.63) is 23.8 Å². The van der Waals surface area contributed by atoms with Crippen LogP contribution >= 0.6 is 0 Å². The minimum atomic E-state index is -0.173. The highest BCUT2D eigenvalue weighted by atomic mass is 16.5. The van der Waals surface area contributed by atoms with Gasteiger partial charge in [-0.3, -0.25) is 4.79 Å². The van der Waals surface area contributed by atoms with Gasteiger partial charge in [0.15, 0.2) is 0 Å². The second-order valence-electron chi connectivity index (χ2n) is 4.94. The molecule has 0 saturated heterocycles. The van der Waals surface area contributed by atoms with Gasteiger partial charge in [-0.05, 0) is 36.6 Å². The van der Waals surface area contributed by atoms with Gasteiger partial charge in [0.1, 0.15) is 5.75 Å². The number of esters is 1. The lowest BCUT2D eigenvalue weighted by molar-refractivity contribution is -0.146. The number of hydrogen-bond acceptors (Lipinski definition) is 4. The van der Waals surface area contributed by atoms with Gasteiger partial charge in [0, 0.05) is 12.2 Å². The van der Waals surface area contributed by atoms with E-state index in [1.807, 2.05) is 39.0 Å².